The Hall–Kier alpha value is -3.74. The Labute approximate surface area is 205 Å². The van der Waals surface area contributed by atoms with Crippen LogP contribution in [0.2, 0.25) is 10.0 Å². The minimum Gasteiger partial charge on any atom is -0.484 e. The molecule has 0 fully saturated rings. The average molecular weight is 492 g/mol. The smallest absolute Gasteiger partial charge is 0.292 e. The fourth-order valence-electron chi connectivity index (χ4n) is 3.62. The van der Waals surface area contributed by atoms with E-state index in [9.17, 15) is 4.79 Å². The summed E-state index contributed by atoms with van der Waals surface area (Å²) in [5, 5.41) is 10.5. The van der Waals surface area contributed by atoms with Crippen LogP contribution in [0, 0.1) is 0 Å². The lowest BCUT2D eigenvalue weighted by Crippen LogP contribution is -2.12. The van der Waals surface area contributed by atoms with E-state index in [1.54, 1.807) is 41.1 Å². The van der Waals surface area contributed by atoms with Crippen molar-refractivity contribution < 1.29 is 13.9 Å². The fourth-order valence-corrected chi connectivity index (χ4v) is 4.08. The summed E-state index contributed by atoms with van der Waals surface area (Å²) >= 11 is 12.0. The lowest BCUT2D eigenvalue weighted by molar-refractivity contribution is 0.0992. The predicted octanol–water partition coefficient (Wildman–Crippen LogP) is 6.82. The number of carbonyl (C=O) groups excluding carboxylic acids is 1. The number of fused-ring (bicyclic) bond motifs is 1. The quantitative estimate of drug-likeness (QED) is 0.271. The molecular weight excluding hydrogens is 473 g/mol. The molecule has 1 N–H and O–H groups in total. The van der Waals surface area contributed by atoms with Crippen molar-refractivity contribution in [3.8, 4) is 5.75 Å². The van der Waals surface area contributed by atoms with E-state index in [2.05, 4.69) is 34.7 Å². The molecule has 2 heterocycles. The molecule has 8 heteroatoms. The Balaban J connectivity index is 1.21. The zero-order valence-electron chi connectivity index (χ0n) is 17.9. The van der Waals surface area contributed by atoms with Crippen LogP contribution in [0.25, 0.3) is 10.8 Å². The zero-order chi connectivity index (χ0) is 23.5. The van der Waals surface area contributed by atoms with E-state index < -0.39 is 5.91 Å². The fraction of sp³-hybridized carbons (Fsp3) is 0.0769. The largest absolute Gasteiger partial charge is 0.484 e. The van der Waals surface area contributed by atoms with E-state index in [-0.39, 0.29) is 12.4 Å². The second kappa shape index (κ2) is 9.63. The average Bonchev–Trinajstić information content (AvgIpc) is 3.48. The van der Waals surface area contributed by atoms with E-state index in [0.29, 0.717) is 33.9 Å². The second-order valence-electron chi connectivity index (χ2n) is 7.62. The summed E-state index contributed by atoms with van der Waals surface area (Å²) in [6, 6.07) is 24.4. The van der Waals surface area contributed by atoms with E-state index in [1.165, 1.54) is 10.8 Å². The summed E-state index contributed by atoms with van der Waals surface area (Å²) in [6.45, 7) is 0.709. The first-order valence-corrected chi connectivity index (χ1v) is 11.3. The van der Waals surface area contributed by atoms with Crippen molar-refractivity contribution in [3.05, 3.63) is 112 Å². The molecule has 0 saturated carbocycles. The number of nitrogens with one attached hydrogen (secondary N) is 1. The van der Waals surface area contributed by atoms with Gasteiger partial charge in [-0.3, -0.25) is 9.48 Å². The predicted molar refractivity (Wildman–Crippen MR) is 133 cm³/mol. The van der Waals surface area contributed by atoms with Crippen LogP contribution in [0.15, 0.2) is 89.5 Å². The second-order valence-corrected chi connectivity index (χ2v) is 8.46. The van der Waals surface area contributed by atoms with Crippen LogP contribution in [0.5, 0.6) is 5.75 Å². The lowest BCUT2D eigenvalue weighted by Gasteiger charge is -2.07. The molecule has 0 spiro atoms. The van der Waals surface area contributed by atoms with Gasteiger partial charge in [-0.05, 0) is 46.7 Å². The van der Waals surface area contributed by atoms with Gasteiger partial charge in [0.05, 0.1) is 11.6 Å². The highest BCUT2D eigenvalue weighted by Gasteiger charge is 2.14. The SMILES string of the molecule is O=C(Nc1ccn(Cc2cccc3ccccc23)n1)c1ccc(COc2ccc(Cl)cc2Cl)o1. The third-order valence-electron chi connectivity index (χ3n) is 5.24. The molecule has 0 radical (unpaired) electrons. The number of hydrogen-bond acceptors (Lipinski definition) is 4. The third kappa shape index (κ3) is 4.93. The Bertz CT molecular complexity index is 1470. The molecule has 0 saturated heterocycles. The molecule has 170 valence electrons. The number of furan rings is 1. The topological polar surface area (TPSA) is 69.3 Å². The first-order valence-electron chi connectivity index (χ1n) is 10.5. The van der Waals surface area contributed by atoms with Crippen molar-refractivity contribution in [3.63, 3.8) is 0 Å². The maximum atomic E-state index is 12.6. The van der Waals surface area contributed by atoms with Gasteiger partial charge >= 0.3 is 0 Å². The maximum Gasteiger partial charge on any atom is 0.292 e. The molecular formula is C26H19Cl2N3O3. The first-order chi connectivity index (χ1) is 16.5. The molecule has 0 aliphatic rings. The lowest BCUT2D eigenvalue weighted by atomic mass is 10.0. The zero-order valence-corrected chi connectivity index (χ0v) is 19.4. The molecule has 0 bridgehead atoms. The van der Waals surface area contributed by atoms with Gasteiger partial charge in [-0.25, -0.2) is 0 Å². The van der Waals surface area contributed by atoms with Crippen LogP contribution < -0.4 is 10.1 Å². The van der Waals surface area contributed by atoms with Gasteiger partial charge in [-0.15, -0.1) is 0 Å². The number of hydrogen-bond donors (Lipinski definition) is 1. The Morgan fingerprint density at radius 2 is 1.85 bits per heavy atom. The van der Waals surface area contributed by atoms with Crippen LogP contribution in [0.4, 0.5) is 5.82 Å². The molecule has 5 rings (SSSR count). The highest BCUT2D eigenvalue weighted by atomic mass is 35.5. The third-order valence-corrected chi connectivity index (χ3v) is 5.77. The Kier molecular flexibility index (Phi) is 6.25. The van der Waals surface area contributed by atoms with Crippen LogP contribution >= 0.6 is 23.2 Å². The van der Waals surface area contributed by atoms with Crippen molar-refractivity contribution in [2.45, 2.75) is 13.2 Å². The van der Waals surface area contributed by atoms with Gasteiger partial charge < -0.3 is 14.5 Å². The number of carbonyl (C=O) groups is 1. The number of aromatic nitrogens is 2. The normalized spacial score (nSPS) is 11.0. The number of anilines is 1. The Morgan fingerprint density at radius 1 is 1.00 bits per heavy atom. The number of benzene rings is 3. The summed E-state index contributed by atoms with van der Waals surface area (Å²) in [4.78, 5) is 12.6. The molecule has 0 aliphatic carbocycles. The van der Waals surface area contributed by atoms with Gasteiger partial charge in [0.2, 0.25) is 0 Å². The summed E-state index contributed by atoms with van der Waals surface area (Å²) in [7, 11) is 0. The minimum atomic E-state index is -0.397. The highest BCUT2D eigenvalue weighted by Crippen LogP contribution is 2.28. The van der Waals surface area contributed by atoms with Gasteiger partial charge in [-0.2, -0.15) is 5.10 Å². The number of ether oxygens (including phenoxy) is 1. The van der Waals surface area contributed by atoms with Crippen molar-refractivity contribution >= 4 is 45.7 Å². The maximum absolute atomic E-state index is 12.6. The van der Waals surface area contributed by atoms with Gasteiger partial charge in [0.1, 0.15) is 18.1 Å². The highest BCUT2D eigenvalue weighted by molar-refractivity contribution is 6.35. The molecule has 1 amide bonds. The molecule has 3 aromatic carbocycles. The van der Waals surface area contributed by atoms with Crippen LogP contribution in [-0.2, 0) is 13.2 Å². The molecule has 0 atom stereocenters. The summed E-state index contributed by atoms with van der Waals surface area (Å²) in [6.07, 6.45) is 1.83. The van der Waals surface area contributed by atoms with Crippen LogP contribution in [0.1, 0.15) is 21.9 Å². The summed E-state index contributed by atoms with van der Waals surface area (Å²) < 4.78 is 13.0. The monoisotopic (exact) mass is 491 g/mol. The number of rotatable bonds is 7. The van der Waals surface area contributed by atoms with Crippen LogP contribution in [-0.4, -0.2) is 15.7 Å². The number of halogens is 2. The summed E-state index contributed by atoms with van der Waals surface area (Å²) in [5.41, 5.74) is 1.15. The molecule has 6 nitrogen and oxygen atoms in total. The van der Waals surface area contributed by atoms with E-state index in [4.69, 9.17) is 32.4 Å². The Morgan fingerprint density at radius 3 is 2.74 bits per heavy atom. The van der Waals surface area contributed by atoms with Crippen molar-refractivity contribution in [1.82, 2.24) is 9.78 Å². The molecule has 2 aromatic heterocycles. The van der Waals surface area contributed by atoms with Crippen LogP contribution in [0.3, 0.4) is 0 Å². The van der Waals surface area contributed by atoms with Crippen molar-refractivity contribution in [2.75, 3.05) is 5.32 Å². The number of nitrogens with zero attached hydrogens (tertiary/aromatic N) is 2. The molecule has 5 aromatic rings. The van der Waals surface area contributed by atoms with E-state index in [1.807, 2.05) is 24.4 Å². The van der Waals surface area contributed by atoms with Gasteiger partial charge in [0.25, 0.3) is 5.91 Å². The molecule has 34 heavy (non-hydrogen) atoms. The summed E-state index contributed by atoms with van der Waals surface area (Å²) in [5.74, 6) is 1.16. The minimum absolute atomic E-state index is 0.119. The molecule has 0 aliphatic heterocycles. The first kappa shape index (κ1) is 22.1. The van der Waals surface area contributed by atoms with Gasteiger partial charge in [-0.1, -0.05) is 65.7 Å². The van der Waals surface area contributed by atoms with E-state index in [0.717, 1.165) is 5.56 Å². The molecule has 0 unspecified atom stereocenters. The standard InChI is InChI=1S/C26H19Cl2N3O3/c27-19-8-10-23(22(28)14-19)33-16-20-9-11-24(34-20)26(32)29-25-12-13-31(30-25)15-18-6-3-5-17-4-1-2-7-21(17)18/h1-14H,15-16H2,(H,29,30,32). The van der Waals surface area contributed by atoms with Gasteiger partial charge in [0.15, 0.2) is 11.6 Å². The number of amides is 1. The van der Waals surface area contributed by atoms with Gasteiger partial charge in [0, 0.05) is 17.3 Å². The van der Waals surface area contributed by atoms with E-state index >= 15 is 0 Å². The van der Waals surface area contributed by atoms with Crippen molar-refractivity contribution in [1.29, 1.82) is 0 Å². The van der Waals surface area contributed by atoms with Crippen molar-refractivity contribution in [2.24, 2.45) is 0 Å².